The number of pyridine rings is 1. The zero-order chi connectivity index (χ0) is 19.5. The van der Waals surface area contributed by atoms with Crippen LogP contribution in [0.2, 0.25) is 0 Å². The largest absolute Gasteiger partial charge is 0.375 e. The summed E-state index contributed by atoms with van der Waals surface area (Å²) in [5, 5.41) is 9.87. The number of fused-ring (bicyclic) bond motifs is 3. The summed E-state index contributed by atoms with van der Waals surface area (Å²) >= 11 is 0. The van der Waals surface area contributed by atoms with Gasteiger partial charge in [-0.1, -0.05) is 0 Å². The lowest BCUT2D eigenvalue weighted by Gasteiger charge is -2.36. The summed E-state index contributed by atoms with van der Waals surface area (Å²) in [5.74, 6) is -2.79. The van der Waals surface area contributed by atoms with Gasteiger partial charge in [0, 0.05) is 17.9 Å². The summed E-state index contributed by atoms with van der Waals surface area (Å²) < 4.78 is 49.8. The van der Waals surface area contributed by atoms with E-state index in [1.807, 2.05) is 0 Å². The first-order valence-corrected chi connectivity index (χ1v) is 9.28. The maximum atomic E-state index is 14.8. The summed E-state index contributed by atoms with van der Waals surface area (Å²) in [6.45, 7) is -0.429. The van der Waals surface area contributed by atoms with Gasteiger partial charge in [0.15, 0.2) is 0 Å². The van der Waals surface area contributed by atoms with Crippen molar-refractivity contribution in [2.75, 3.05) is 13.2 Å². The van der Waals surface area contributed by atoms with Gasteiger partial charge in [0.2, 0.25) is 0 Å². The van der Waals surface area contributed by atoms with Gasteiger partial charge in [-0.25, -0.2) is 18.2 Å². The molecule has 3 aromatic rings. The Bertz CT molecular complexity index is 1110. The summed E-state index contributed by atoms with van der Waals surface area (Å²) in [6, 6.07) is 5.95. The maximum absolute atomic E-state index is 14.8. The van der Waals surface area contributed by atoms with Gasteiger partial charge in [0.05, 0.1) is 28.9 Å². The molecular weight excluding hydrogens is 369 g/mol. The normalized spacial score (nSPS) is 26.9. The van der Waals surface area contributed by atoms with Crippen molar-refractivity contribution < 1.29 is 17.9 Å². The smallest absolute Gasteiger partial charge is 0.291 e. The Morgan fingerprint density at radius 3 is 2.79 bits per heavy atom. The van der Waals surface area contributed by atoms with E-state index in [-0.39, 0.29) is 31.8 Å². The molecule has 144 valence electrons. The number of halogens is 3. The first-order valence-electron chi connectivity index (χ1n) is 9.28. The Morgan fingerprint density at radius 1 is 1.25 bits per heavy atom. The molecule has 1 saturated carbocycles. The van der Waals surface area contributed by atoms with Crippen LogP contribution in [0.15, 0.2) is 24.4 Å². The lowest BCUT2D eigenvalue weighted by Crippen LogP contribution is -2.41. The molecule has 1 atom stereocenters. The van der Waals surface area contributed by atoms with Crippen molar-refractivity contribution in [3.05, 3.63) is 35.8 Å². The molecule has 0 radical (unpaired) electrons. The number of benzene rings is 1. The van der Waals surface area contributed by atoms with Crippen molar-refractivity contribution in [3.63, 3.8) is 0 Å². The van der Waals surface area contributed by atoms with Gasteiger partial charge in [-0.2, -0.15) is 5.26 Å². The molecule has 8 heteroatoms. The third-order valence-electron chi connectivity index (χ3n) is 5.75. The van der Waals surface area contributed by atoms with Crippen LogP contribution in [-0.4, -0.2) is 39.8 Å². The average molecular weight is 386 g/mol. The highest BCUT2D eigenvalue weighted by Gasteiger charge is 2.47. The summed E-state index contributed by atoms with van der Waals surface area (Å²) in [6.07, 6.45) is 1.35. The number of ether oxygens (including phenoxy) is 1. The first-order chi connectivity index (χ1) is 13.5. The van der Waals surface area contributed by atoms with E-state index in [9.17, 15) is 18.4 Å². The van der Waals surface area contributed by atoms with Crippen molar-refractivity contribution >= 4 is 21.9 Å². The molecule has 0 amide bonds. The van der Waals surface area contributed by atoms with Crippen LogP contribution in [0.25, 0.3) is 21.9 Å². The van der Waals surface area contributed by atoms with E-state index >= 15 is 0 Å². The molecule has 1 unspecified atom stereocenters. The topological polar surface area (TPSA) is 63.7 Å². The first kappa shape index (κ1) is 17.4. The molecule has 1 saturated heterocycles. The van der Waals surface area contributed by atoms with Crippen LogP contribution in [0.1, 0.15) is 42.6 Å². The molecular formula is C20H17F3N4O. The Morgan fingerprint density at radius 2 is 2.07 bits per heavy atom. The molecule has 1 aliphatic heterocycles. The number of aromatic nitrogens is 3. The second-order valence-corrected chi connectivity index (χ2v) is 7.56. The van der Waals surface area contributed by atoms with Gasteiger partial charge in [-0.3, -0.25) is 4.98 Å². The summed E-state index contributed by atoms with van der Waals surface area (Å²) in [5.41, 5.74) is 2.04. The minimum Gasteiger partial charge on any atom is -0.375 e. The van der Waals surface area contributed by atoms with E-state index < -0.39 is 24.7 Å². The van der Waals surface area contributed by atoms with Gasteiger partial charge in [-0.05, 0) is 37.5 Å². The van der Waals surface area contributed by atoms with Crippen LogP contribution in [0.5, 0.6) is 0 Å². The minimum atomic E-state index is -3.07. The Balaban J connectivity index is 1.82. The zero-order valence-corrected chi connectivity index (χ0v) is 14.9. The number of imidazole rings is 1. The number of nitrogens with zero attached hydrogens (tertiary/aromatic N) is 4. The van der Waals surface area contributed by atoms with Crippen LogP contribution in [0.3, 0.4) is 0 Å². The number of nitriles is 1. The van der Waals surface area contributed by atoms with Crippen molar-refractivity contribution in [1.29, 1.82) is 5.26 Å². The van der Waals surface area contributed by atoms with Gasteiger partial charge in [-0.15, -0.1) is 0 Å². The highest BCUT2D eigenvalue weighted by molar-refractivity contribution is 6.03. The van der Waals surface area contributed by atoms with Gasteiger partial charge in [0.1, 0.15) is 30.2 Å². The van der Waals surface area contributed by atoms with E-state index in [1.165, 1.54) is 0 Å². The minimum absolute atomic E-state index is 0.138. The molecule has 1 aliphatic carbocycles. The lowest BCUT2D eigenvalue weighted by atomic mass is 9.82. The fourth-order valence-electron chi connectivity index (χ4n) is 4.26. The van der Waals surface area contributed by atoms with Gasteiger partial charge in [0.25, 0.3) is 5.92 Å². The second kappa shape index (κ2) is 6.17. The molecule has 2 aliphatic rings. The fourth-order valence-corrected chi connectivity index (χ4v) is 4.26. The van der Waals surface area contributed by atoms with Crippen LogP contribution in [0.4, 0.5) is 13.2 Å². The Kier molecular flexibility index (Phi) is 3.85. The molecule has 2 fully saturated rings. The quantitative estimate of drug-likeness (QED) is 0.660. The summed E-state index contributed by atoms with van der Waals surface area (Å²) in [7, 11) is 0. The van der Waals surface area contributed by atoms with Crippen molar-refractivity contribution in [3.8, 4) is 6.07 Å². The highest BCUT2D eigenvalue weighted by atomic mass is 19.3. The second-order valence-electron chi connectivity index (χ2n) is 7.56. The third-order valence-corrected chi connectivity index (χ3v) is 5.75. The van der Waals surface area contributed by atoms with E-state index in [1.54, 1.807) is 29.0 Å². The zero-order valence-electron chi connectivity index (χ0n) is 14.9. The molecule has 3 heterocycles. The maximum Gasteiger partial charge on any atom is 0.291 e. The van der Waals surface area contributed by atoms with E-state index in [0.717, 1.165) is 0 Å². The van der Waals surface area contributed by atoms with Crippen molar-refractivity contribution in [1.82, 2.24) is 14.5 Å². The molecule has 0 N–H and O–H groups in total. The lowest BCUT2D eigenvalue weighted by molar-refractivity contribution is -0.147. The van der Waals surface area contributed by atoms with Crippen LogP contribution >= 0.6 is 0 Å². The van der Waals surface area contributed by atoms with Gasteiger partial charge >= 0.3 is 0 Å². The van der Waals surface area contributed by atoms with Crippen LogP contribution < -0.4 is 0 Å². The van der Waals surface area contributed by atoms with E-state index in [2.05, 4.69) is 16.0 Å². The van der Waals surface area contributed by atoms with Gasteiger partial charge < -0.3 is 9.30 Å². The molecule has 5 rings (SSSR count). The van der Waals surface area contributed by atoms with E-state index in [4.69, 9.17) is 4.74 Å². The van der Waals surface area contributed by atoms with Crippen molar-refractivity contribution in [2.45, 2.75) is 43.3 Å². The van der Waals surface area contributed by atoms with E-state index in [0.29, 0.717) is 33.3 Å². The number of rotatable bonds is 2. The number of alkyl halides is 3. The highest BCUT2D eigenvalue weighted by Crippen LogP contribution is 2.45. The average Bonchev–Trinajstić information content (AvgIpc) is 3.03. The van der Waals surface area contributed by atoms with Crippen LogP contribution in [-0.2, 0) is 4.74 Å². The standard InChI is InChI=1S/C20H17F3N4O/c21-13-6-12(7-13)19-26-16-9-25-15-2-1-11(8-24)5-14(15)18(16)27(19)17-3-4-28-10-20(17,22)23/h1-2,5,9,12-13,17H,3-4,6-7,10H2. The Labute approximate surface area is 158 Å². The molecule has 0 bridgehead atoms. The molecule has 28 heavy (non-hydrogen) atoms. The predicted molar refractivity (Wildman–Crippen MR) is 96.0 cm³/mol. The molecule has 0 spiro atoms. The van der Waals surface area contributed by atoms with Crippen LogP contribution in [0, 0.1) is 11.3 Å². The van der Waals surface area contributed by atoms with Crippen molar-refractivity contribution in [2.24, 2.45) is 0 Å². The fraction of sp³-hybridized carbons (Fsp3) is 0.450. The number of hydrogen-bond acceptors (Lipinski definition) is 4. The summed E-state index contributed by atoms with van der Waals surface area (Å²) in [4.78, 5) is 8.96. The Hall–Kier alpha value is -2.66. The number of hydrogen-bond donors (Lipinski definition) is 0. The predicted octanol–water partition coefficient (Wildman–Crippen LogP) is 4.27. The SMILES string of the molecule is N#Cc1ccc2ncc3nc(C4CC(F)C4)n(C4CCOCC4(F)F)c3c2c1. The molecule has 5 nitrogen and oxygen atoms in total. The third kappa shape index (κ3) is 2.57. The molecule has 2 aromatic heterocycles. The monoisotopic (exact) mass is 386 g/mol. The molecule has 1 aromatic carbocycles.